The van der Waals surface area contributed by atoms with Gasteiger partial charge in [0.2, 0.25) is 0 Å². The van der Waals surface area contributed by atoms with E-state index >= 15 is 0 Å². The fraction of sp³-hybridized carbons (Fsp3) is 0.429. The molecule has 1 aliphatic heterocycles. The van der Waals surface area contributed by atoms with Gasteiger partial charge in [0.1, 0.15) is 0 Å². The molecule has 0 aromatic rings. The maximum atomic E-state index is 5.14. The van der Waals surface area contributed by atoms with E-state index in [-0.39, 0.29) is 0 Å². The second-order valence-corrected chi connectivity index (χ2v) is 1.72. The minimum absolute atomic E-state index is 0.768. The molecule has 0 aromatic carbocycles. The molecular formula is C7H10O. The summed E-state index contributed by atoms with van der Waals surface area (Å²) in [6.45, 7) is 1.63. The van der Waals surface area contributed by atoms with Gasteiger partial charge < -0.3 is 4.74 Å². The molecule has 1 heteroatoms. The van der Waals surface area contributed by atoms with Gasteiger partial charge >= 0.3 is 0 Å². The van der Waals surface area contributed by atoms with Crippen LogP contribution in [-0.2, 0) is 4.74 Å². The zero-order valence-electron chi connectivity index (χ0n) is 4.84. The molecule has 1 rings (SSSR count). The van der Waals surface area contributed by atoms with Gasteiger partial charge in [-0.25, -0.2) is 0 Å². The first-order valence-electron chi connectivity index (χ1n) is 2.89. The van der Waals surface area contributed by atoms with Crippen molar-refractivity contribution in [2.45, 2.75) is 6.42 Å². The highest BCUT2D eigenvalue weighted by molar-refractivity contribution is 5.03. The van der Waals surface area contributed by atoms with Crippen molar-refractivity contribution < 1.29 is 4.74 Å². The smallest absolute Gasteiger partial charge is 0.0650 e. The van der Waals surface area contributed by atoms with Crippen LogP contribution in [0.4, 0.5) is 0 Å². The number of hydrogen-bond acceptors (Lipinski definition) is 1. The van der Waals surface area contributed by atoms with Crippen molar-refractivity contribution in [1.29, 1.82) is 0 Å². The highest BCUT2D eigenvalue weighted by atomic mass is 16.5. The minimum atomic E-state index is 0.768. The molecule has 44 valence electrons. The van der Waals surface area contributed by atoms with Crippen molar-refractivity contribution >= 4 is 0 Å². The molecule has 0 aliphatic carbocycles. The van der Waals surface area contributed by atoms with Gasteiger partial charge in [-0.2, -0.15) is 0 Å². The molecule has 0 saturated heterocycles. The Morgan fingerprint density at radius 2 is 2.00 bits per heavy atom. The van der Waals surface area contributed by atoms with Crippen molar-refractivity contribution in [3.63, 3.8) is 0 Å². The van der Waals surface area contributed by atoms with Gasteiger partial charge in [0.05, 0.1) is 13.2 Å². The summed E-state index contributed by atoms with van der Waals surface area (Å²) in [6, 6.07) is 0. The Morgan fingerprint density at radius 1 is 1.12 bits per heavy atom. The number of rotatable bonds is 0. The largest absolute Gasteiger partial charge is 0.377 e. The van der Waals surface area contributed by atoms with Gasteiger partial charge in [-0.05, 0) is 6.42 Å². The van der Waals surface area contributed by atoms with E-state index in [0.717, 1.165) is 19.6 Å². The molecule has 0 spiro atoms. The summed E-state index contributed by atoms with van der Waals surface area (Å²) in [5, 5.41) is 0. The summed E-state index contributed by atoms with van der Waals surface area (Å²) in [4.78, 5) is 0. The normalized spacial score (nSPS) is 20.0. The molecule has 0 radical (unpaired) electrons. The molecule has 0 atom stereocenters. The molecule has 1 nitrogen and oxygen atoms in total. The SMILES string of the molecule is C1=CCCOCC=C1. The van der Waals surface area contributed by atoms with E-state index in [0.29, 0.717) is 0 Å². The van der Waals surface area contributed by atoms with E-state index in [9.17, 15) is 0 Å². The maximum absolute atomic E-state index is 5.14. The van der Waals surface area contributed by atoms with Crippen molar-refractivity contribution in [3.05, 3.63) is 24.3 Å². The Balaban J connectivity index is 2.33. The highest BCUT2D eigenvalue weighted by Crippen LogP contribution is 1.90. The second-order valence-electron chi connectivity index (χ2n) is 1.72. The van der Waals surface area contributed by atoms with Crippen molar-refractivity contribution in [3.8, 4) is 0 Å². The fourth-order valence-corrected chi connectivity index (χ4v) is 0.612. The monoisotopic (exact) mass is 110 g/mol. The first-order valence-corrected chi connectivity index (χ1v) is 2.89. The molecule has 1 heterocycles. The van der Waals surface area contributed by atoms with Crippen LogP contribution in [0, 0.1) is 0 Å². The Hall–Kier alpha value is -0.560. The average molecular weight is 110 g/mol. The molecule has 0 bridgehead atoms. The summed E-state index contributed by atoms with van der Waals surface area (Å²) in [6.07, 6.45) is 9.23. The van der Waals surface area contributed by atoms with Crippen LogP contribution in [-0.4, -0.2) is 13.2 Å². The Morgan fingerprint density at radius 3 is 3.00 bits per heavy atom. The fourth-order valence-electron chi connectivity index (χ4n) is 0.612. The maximum Gasteiger partial charge on any atom is 0.0650 e. The highest BCUT2D eigenvalue weighted by Gasteiger charge is 1.82. The summed E-state index contributed by atoms with van der Waals surface area (Å²) < 4.78 is 5.14. The topological polar surface area (TPSA) is 9.23 Å². The minimum Gasteiger partial charge on any atom is -0.377 e. The molecule has 0 amide bonds. The van der Waals surface area contributed by atoms with E-state index in [4.69, 9.17) is 4.74 Å². The van der Waals surface area contributed by atoms with Crippen LogP contribution in [0.1, 0.15) is 6.42 Å². The predicted octanol–water partition coefficient (Wildman–Crippen LogP) is 1.52. The Kier molecular flexibility index (Phi) is 2.40. The summed E-state index contributed by atoms with van der Waals surface area (Å²) >= 11 is 0. The third-order valence-electron chi connectivity index (χ3n) is 1.03. The van der Waals surface area contributed by atoms with Crippen LogP contribution in [0.25, 0.3) is 0 Å². The van der Waals surface area contributed by atoms with E-state index in [2.05, 4.69) is 12.2 Å². The van der Waals surface area contributed by atoms with Crippen LogP contribution in [0.3, 0.4) is 0 Å². The molecule has 1 aliphatic rings. The van der Waals surface area contributed by atoms with Crippen LogP contribution in [0.2, 0.25) is 0 Å². The Labute approximate surface area is 49.7 Å². The lowest BCUT2D eigenvalue weighted by Gasteiger charge is -1.97. The lowest BCUT2D eigenvalue weighted by Crippen LogP contribution is -1.93. The van der Waals surface area contributed by atoms with Crippen LogP contribution in [0.5, 0.6) is 0 Å². The van der Waals surface area contributed by atoms with E-state index in [1.807, 2.05) is 12.2 Å². The third-order valence-corrected chi connectivity index (χ3v) is 1.03. The molecule has 8 heavy (non-hydrogen) atoms. The average Bonchev–Trinajstić information content (AvgIpc) is 1.62. The van der Waals surface area contributed by atoms with Gasteiger partial charge in [0.25, 0.3) is 0 Å². The second kappa shape index (κ2) is 3.44. The molecule has 0 saturated carbocycles. The zero-order valence-corrected chi connectivity index (χ0v) is 4.84. The summed E-state index contributed by atoms with van der Waals surface area (Å²) in [5.41, 5.74) is 0. The molecule has 0 aromatic heterocycles. The van der Waals surface area contributed by atoms with Crippen molar-refractivity contribution in [1.82, 2.24) is 0 Å². The van der Waals surface area contributed by atoms with Crippen molar-refractivity contribution in [2.75, 3.05) is 13.2 Å². The van der Waals surface area contributed by atoms with Gasteiger partial charge in [-0.3, -0.25) is 0 Å². The Bertz CT molecular complexity index is 89.0. The first kappa shape index (κ1) is 5.57. The third kappa shape index (κ3) is 1.94. The van der Waals surface area contributed by atoms with E-state index in [1.165, 1.54) is 0 Å². The van der Waals surface area contributed by atoms with Gasteiger partial charge in [-0.1, -0.05) is 24.3 Å². The van der Waals surface area contributed by atoms with E-state index < -0.39 is 0 Å². The van der Waals surface area contributed by atoms with Crippen molar-refractivity contribution in [2.24, 2.45) is 0 Å². The van der Waals surface area contributed by atoms with Gasteiger partial charge in [-0.15, -0.1) is 0 Å². The van der Waals surface area contributed by atoms with Gasteiger partial charge in [0.15, 0.2) is 0 Å². The predicted molar refractivity (Wildman–Crippen MR) is 33.7 cm³/mol. The number of ether oxygens (including phenoxy) is 1. The lowest BCUT2D eigenvalue weighted by atomic mass is 10.3. The standard InChI is InChI=1S/C7H10O/c1-2-4-6-8-7-5-3-1/h1-4H,5-7H2. The van der Waals surface area contributed by atoms with Crippen LogP contribution in [0.15, 0.2) is 24.3 Å². The lowest BCUT2D eigenvalue weighted by molar-refractivity contribution is 0.167. The number of allylic oxidation sites excluding steroid dienone is 2. The van der Waals surface area contributed by atoms with Crippen LogP contribution >= 0.6 is 0 Å². The molecule has 0 fully saturated rings. The summed E-state index contributed by atoms with van der Waals surface area (Å²) in [5.74, 6) is 0. The molecular weight excluding hydrogens is 100 g/mol. The van der Waals surface area contributed by atoms with E-state index in [1.54, 1.807) is 0 Å². The molecule has 0 N–H and O–H groups in total. The summed E-state index contributed by atoms with van der Waals surface area (Å²) in [7, 11) is 0. The molecule has 0 unspecified atom stereocenters. The van der Waals surface area contributed by atoms with Gasteiger partial charge in [0, 0.05) is 0 Å². The van der Waals surface area contributed by atoms with Crippen LogP contribution < -0.4 is 0 Å². The quantitative estimate of drug-likeness (QED) is 0.459. The first-order chi connectivity index (χ1) is 4.00. The number of hydrogen-bond donors (Lipinski definition) is 0. The zero-order chi connectivity index (χ0) is 5.66.